The van der Waals surface area contributed by atoms with Gasteiger partial charge in [0.25, 0.3) is 0 Å². The molecule has 1 aliphatic heterocycles. The molecule has 0 aliphatic carbocycles. The molecule has 1 saturated heterocycles. The van der Waals surface area contributed by atoms with Crippen LogP contribution in [0.3, 0.4) is 0 Å². The molecule has 1 fully saturated rings. The monoisotopic (exact) mass is 303 g/mol. The highest BCUT2D eigenvalue weighted by Crippen LogP contribution is 2.24. The minimum Gasteiger partial charge on any atom is -0.336 e. The number of rotatable bonds is 4. The molecule has 0 spiro atoms. The Hall–Kier alpha value is -2.04. The Labute approximate surface area is 132 Å². The fraction of sp³-hybridized carbons (Fsp3) is 0.529. The van der Waals surface area contributed by atoms with E-state index in [0.29, 0.717) is 13.0 Å². The summed E-state index contributed by atoms with van der Waals surface area (Å²) < 4.78 is 0. The maximum atomic E-state index is 12.5. The van der Waals surface area contributed by atoms with E-state index in [0.717, 1.165) is 17.7 Å². The number of carbonyl (C=O) groups excluding carboxylic acids is 2. The predicted octanol–water partition coefficient (Wildman–Crippen LogP) is 2.51. The fourth-order valence-corrected chi connectivity index (χ4v) is 2.49. The minimum absolute atomic E-state index is 0.0393. The summed E-state index contributed by atoms with van der Waals surface area (Å²) in [4.78, 5) is 26.1. The Morgan fingerprint density at radius 2 is 2.09 bits per heavy atom. The van der Waals surface area contributed by atoms with Gasteiger partial charge in [0, 0.05) is 18.3 Å². The smallest absolute Gasteiger partial charge is 0.315 e. The van der Waals surface area contributed by atoms with Crippen LogP contribution in [-0.4, -0.2) is 30.6 Å². The molecule has 2 rings (SSSR count). The van der Waals surface area contributed by atoms with Gasteiger partial charge in [-0.15, -0.1) is 0 Å². The molecule has 2 unspecified atom stereocenters. The van der Waals surface area contributed by atoms with Crippen LogP contribution in [0.25, 0.3) is 0 Å². The highest BCUT2D eigenvalue weighted by Gasteiger charge is 2.33. The Bertz CT molecular complexity index is 571. The molecule has 1 aromatic carbocycles. The molecule has 5 nitrogen and oxygen atoms in total. The Morgan fingerprint density at radius 3 is 2.73 bits per heavy atom. The topological polar surface area (TPSA) is 61.4 Å². The van der Waals surface area contributed by atoms with Crippen LogP contribution in [0.15, 0.2) is 18.2 Å². The van der Waals surface area contributed by atoms with E-state index in [1.807, 2.05) is 39.0 Å². The minimum atomic E-state index is -0.439. The predicted molar refractivity (Wildman–Crippen MR) is 88.1 cm³/mol. The molecule has 1 aromatic rings. The molecule has 5 heteroatoms. The number of benzene rings is 1. The van der Waals surface area contributed by atoms with E-state index in [1.54, 1.807) is 4.90 Å². The third-order valence-electron chi connectivity index (χ3n) is 4.30. The van der Waals surface area contributed by atoms with Crippen molar-refractivity contribution in [2.45, 2.75) is 52.6 Å². The average molecular weight is 303 g/mol. The number of hydrogen-bond acceptors (Lipinski definition) is 2. The van der Waals surface area contributed by atoms with Crippen LogP contribution < -0.4 is 15.5 Å². The number of hydrogen-bond donors (Lipinski definition) is 2. The Balaban J connectivity index is 2.00. The van der Waals surface area contributed by atoms with Gasteiger partial charge in [-0.2, -0.15) is 0 Å². The van der Waals surface area contributed by atoms with Crippen molar-refractivity contribution in [1.82, 2.24) is 10.6 Å². The largest absolute Gasteiger partial charge is 0.336 e. The first-order chi connectivity index (χ1) is 10.4. The maximum absolute atomic E-state index is 12.5. The van der Waals surface area contributed by atoms with E-state index in [1.165, 1.54) is 5.56 Å². The van der Waals surface area contributed by atoms with Crippen molar-refractivity contribution in [1.29, 1.82) is 0 Å². The van der Waals surface area contributed by atoms with Gasteiger partial charge in [0.15, 0.2) is 0 Å². The molecule has 0 bridgehead atoms. The van der Waals surface area contributed by atoms with E-state index in [2.05, 4.69) is 17.6 Å². The van der Waals surface area contributed by atoms with E-state index < -0.39 is 6.04 Å². The van der Waals surface area contributed by atoms with Crippen LogP contribution in [0.1, 0.15) is 37.8 Å². The zero-order chi connectivity index (χ0) is 16.3. The van der Waals surface area contributed by atoms with Gasteiger partial charge < -0.3 is 15.5 Å². The molecular formula is C17H25N3O2. The van der Waals surface area contributed by atoms with Crippen LogP contribution in [0.2, 0.25) is 0 Å². The second-order valence-corrected chi connectivity index (χ2v) is 6.03. The quantitative estimate of drug-likeness (QED) is 0.898. The molecule has 2 atom stereocenters. The van der Waals surface area contributed by atoms with Gasteiger partial charge in [-0.05, 0) is 56.9 Å². The summed E-state index contributed by atoms with van der Waals surface area (Å²) in [6.07, 6.45) is 1.50. The lowest BCUT2D eigenvalue weighted by Gasteiger charge is -2.19. The molecule has 1 aliphatic rings. The van der Waals surface area contributed by atoms with Gasteiger partial charge >= 0.3 is 6.03 Å². The van der Waals surface area contributed by atoms with Crippen LogP contribution in [0, 0.1) is 13.8 Å². The fourth-order valence-electron chi connectivity index (χ4n) is 2.49. The Morgan fingerprint density at radius 1 is 1.36 bits per heavy atom. The lowest BCUT2D eigenvalue weighted by Crippen LogP contribution is -2.48. The van der Waals surface area contributed by atoms with E-state index >= 15 is 0 Å². The second kappa shape index (κ2) is 6.81. The van der Waals surface area contributed by atoms with Crippen molar-refractivity contribution in [3.05, 3.63) is 29.3 Å². The van der Waals surface area contributed by atoms with Crippen molar-refractivity contribution in [2.75, 3.05) is 11.4 Å². The lowest BCUT2D eigenvalue weighted by molar-refractivity contribution is -0.118. The van der Waals surface area contributed by atoms with E-state index in [4.69, 9.17) is 0 Å². The highest BCUT2D eigenvalue weighted by molar-refractivity contribution is 6.01. The van der Waals surface area contributed by atoms with Gasteiger partial charge in [0.1, 0.15) is 6.04 Å². The third kappa shape index (κ3) is 3.59. The van der Waals surface area contributed by atoms with Gasteiger partial charge in [0.2, 0.25) is 5.91 Å². The lowest BCUT2D eigenvalue weighted by atomic mass is 10.1. The second-order valence-electron chi connectivity index (χ2n) is 6.03. The van der Waals surface area contributed by atoms with Gasteiger partial charge in [-0.3, -0.25) is 4.79 Å². The van der Waals surface area contributed by atoms with Crippen LogP contribution >= 0.6 is 0 Å². The molecule has 0 radical (unpaired) electrons. The number of urea groups is 1. The van der Waals surface area contributed by atoms with Gasteiger partial charge in [0.05, 0.1) is 0 Å². The summed E-state index contributed by atoms with van der Waals surface area (Å²) in [6, 6.07) is 5.40. The number of nitrogens with one attached hydrogen (secondary N) is 2. The number of carbonyl (C=O) groups is 2. The Kier molecular flexibility index (Phi) is 5.06. The summed E-state index contributed by atoms with van der Waals surface area (Å²) >= 11 is 0. The molecule has 0 saturated carbocycles. The van der Waals surface area contributed by atoms with Crippen molar-refractivity contribution in [3.63, 3.8) is 0 Å². The molecule has 2 N–H and O–H groups in total. The number of aryl methyl sites for hydroxylation is 2. The normalized spacial score (nSPS) is 19.2. The summed E-state index contributed by atoms with van der Waals surface area (Å²) in [5, 5.41) is 5.61. The molecular weight excluding hydrogens is 278 g/mol. The van der Waals surface area contributed by atoms with Crippen molar-refractivity contribution < 1.29 is 9.59 Å². The van der Waals surface area contributed by atoms with Gasteiger partial charge in [-0.1, -0.05) is 13.0 Å². The summed E-state index contributed by atoms with van der Waals surface area (Å²) in [5.41, 5.74) is 3.27. The maximum Gasteiger partial charge on any atom is 0.315 e. The van der Waals surface area contributed by atoms with E-state index in [9.17, 15) is 9.59 Å². The van der Waals surface area contributed by atoms with Crippen LogP contribution in [0.5, 0.6) is 0 Å². The molecule has 1 heterocycles. The first kappa shape index (κ1) is 16.3. The van der Waals surface area contributed by atoms with Crippen molar-refractivity contribution in [2.24, 2.45) is 0 Å². The van der Waals surface area contributed by atoms with Crippen molar-refractivity contribution >= 4 is 17.6 Å². The molecule has 120 valence electrons. The first-order valence-electron chi connectivity index (χ1n) is 7.88. The molecule has 3 amide bonds. The van der Waals surface area contributed by atoms with Crippen LogP contribution in [0.4, 0.5) is 10.5 Å². The average Bonchev–Trinajstić information content (AvgIpc) is 2.83. The van der Waals surface area contributed by atoms with E-state index in [-0.39, 0.29) is 18.0 Å². The summed E-state index contributed by atoms with van der Waals surface area (Å²) in [7, 11) is 0. The number of anilines is 1. The summed E-state index contributed by atoms with van der Waals surface area (Å²) in [5.74, 6) is -0.0393. The third-order valence-corrected chi connectivity index (χ3v) is 4.30. The SMILES string of the molecule is CCC(C)NC(=O)NC1CCN(c2ccc(C)c(C)c2)C1=O. The number of amides is 3. The zero-order valence-corrected chi connectivity index (χ0v) is 13.8. The molecule has 0 aromatic heterocycles. The number of nitrogens with zero attached hydrogens (tertiary/aromatic N) is 1. The zero-order valence-electron chi connectivity index (χ0n) is 13.8. The first-order valence-corrected chi connectivity index (χ1v) is 7.88. The molecule has 22 heavy (non-hydrogen) atoms. The van der Waals surface area contributed by atoms with Gasteiger partial charge in [-0.25, -0.2) is 4.79 Å². The highest BCUT2D eigenvalue weighted by atomic mass is 16.2. The van der Waals surface area contributed by atoms with Crippen LogP contribution in [-0.2, 0) is 4.79 Å². The van der Waals surface area contributed by atoms with Crippen molar-refractivity contribution in [3.8, 4) is 0 Å². The summed E-state index contributed by atoms with van der Waals surface area (Å²) in [6.45, 7) is 8.67. The standard InChI is InChI=1S/C17H25N3O2/c1-5-13(4)18-17(22)19-15-8-9-20(16(15)21)14-7-6-11(2)12(3)10-14/h6-7,10,13,15H,5,8-9H2,1-4H3,(H2,18,19,22).